The zero-order chi connectivity index (χ0) is 13.8. The summed E-state index contributed by atoms with van der Waals surface area (Å²) in [5.74, 6) is 0.0958. The fraction of sp³-hybridized carbons (Fsp3) is 0.615. The van der Waals surface area contributed by atoms with Crippen LogP contribution in [0.25, 0.3) is 0 Å². The molecule has 1 N–H and O–H groups in total. The summed E-state index contributed by atoms with van der Waals surface area (Å²) in [4.78, 5) is 21.5. The molecule has 0 saturated carbocycles. The molecule has 1 aliphatic heterocycles. The van der Waals surface area contributed by atoms with E-state index in [0.29, 0.717) is 24.8 Å². The van der Waals surface area contributed by atoms with Gasteiger partial charge in [-0.2, -0.15) is 4.98 Å². The van der Waals surface area contributed by atoms with Crippen LogP contribution < -0.4 is 9.64 Å². The van der Waals surface area contributed by atoms with Crippen molar-refractivity contribution in [2.75, 3.05) is 11.4 Å². The highest BCUT2D eigenvalue weighted by molar-refractivity contribution is 5.77. The summed E-state index contributed by atoms with van der Waals surface area (Å²) < 4.78 is 5.52. The number of carboxylic acids is 1. The maximum absolute atomic E-state index is 11.3. The highest BCUT2D eigenvalue weighted by Gasteiger charge is 2.30. The zero-order valence-corrected chi connectivity index (χ0v) is 11.2. The summed E-state index contributed by atoms with van der Waals surface area (Å²) in [6.45, 7) is 4.51. The van der Waals surface area contributed by atoms with Crippen LogP contribution in [-0.4, -0.2) is 39.7 Å². The van der Waals surface area contributed by atoms with Crippen LogP contribution in [0.3, 0.4) is 0 Å². The predicted octanol–water partition coefficient (Wildman–Crippen LogP) is 1.71. The summed E-state index contributed by atoms with van der Waals surface area (Å²) in [7, 11) is 0. The van der Waals surface area contributed by atoms with E-state index in [2.05, 4.69) is 9.97 Å². The molecule has 2 rings (SSSR count). The van der Waals surface area contributed by atoms with Gasteiger partial charge in [-0.15, -0.1) is 0 Å². The number of aliphatic carboxylic acids is 1. The molecule has 6 heteroatoms. The first kappa shape index (κ1) is 13.6. The Morgan fingerprint density at radius 2 is 2.32 bits per heavy atom. The van der Waals surface area contributed by atoms with Crippen LogP contribution in [0.1, 0.15) is 33.1 Å². The van der Waals surface area contributed by atoms with Gasteiger partial charge < -0.3 is 14.7 Å². The van der Waals surface area contributed by atoms with Crippen molar-refractivity contribution in [1.29, 1.82) is 0 Å². The molecule has 0 amide bonds. The van der Waals surface area contributed by atoms with Crippen molar-refractivity contribution in [3.63, 3.8) is 0 Å². The zero-order valence-electron chi connectivity index (χ0n) is 11.2. The summed E-state index contributed by atoms with van der Waals surface area (Å²) in [6, 6.07) is 1.14. The van der Waals surface area contributed by atoms with Crippen molar-refractivity contribution in [1.82, 2.24) is 9.97 Å². The maximum Gasteiger partial charge on any atom is 0.326 e. The molecule has 104 valence electrons. The lowest BCUT2D eigenvalue weighted by Crippen LogP contribution is -2.45. The molecular weight excluding hydrogens is 246 g/mol. The van der Waals surface area contributed by atoms with Crippen molar-refractivity contribution >= 4 is 11.9 Å². The first-order valence-electron chi connectivity index (χ1n) is 6.57. The first-order chi connectivity index (χ1) is 9.08. The van der Waals surface area contributed by atoms with Gasteiger partial charge in [0.1, 0.15) is 6.04 Å². The molecule has 0 aromatic carbocycles. The molecule has 1 unspecified atom stereocenters. The molecule has 0 aliphatic carbocycles. The van der Waals surface area contributed by atoms with Crippen LogP contribution in [0.15, 0.2) is 12.3 Å². The Morgan fingerprint density at radius 1 is 1.53 bits per heavy atom. The van der Waals surface area contributed by atoms with E-state index in [-0.39, 0.29) is 6.10 Å². The van der Waals surface area contributed by atoms with Crippen LogP contribution in [0.5, 0.6) is 5.88 Å². The Morgan fingerprint density at radius 3 is 3.00 bits per heavy atom. The molecule has 1 atom stereocenters. The predicted molar refractivity (Wildman–Crippen MR) is 70.4 cm³/mol. The standard InChI is InChI=1S/C13H19N3O3/c1-9(2)19-11-6-7-14-13(15-11)16-8-4-3-5-10(16)12(17)18/h6-7,9-10H,3-5,8H2,1-2H3,(H,17,18). The average Bonchev–Trinajstić information content (AvgIpc) is 2.38. The van der Waals surface area contributed by atoms with Gasteiger partial charge in [-0.1, -0.05) is 0 Å². The van der Waals surface area contributed by atoms with Gasteiger partial charge in [-0.25, -0.2) is 9.78 Å². The van der Waals surface area contributed by atoms with Gasteiger partial charge in [-0.3, -0.25) is 0 Å². The number of carbonyl (C=O) groups is 1. The van der Waals surface area contributed by atoms with Crippen LogP contribution in [-0.2, 0) is 4.79 Å². The fourth-order valence-corrected chi connectivity index (χ4v) is 2.21. The molecule has 6 nitrogen and oxygen atoms in total. The largest absolute Gasteiger partial charge is 0.480 e. The van der Waals surface area contributed by atoms with Crippen molar-refractivity contribution < 1.29 is 14.6 Å². The lowest BCUT2D eigenvalue weighted by Gasteiger charge is -2.32. The van der Waals surface area contributed by atoms with Crippen molar-refractivity contribution in [3.8, 4) is 5.88 Å². The van der Waals surface area contributed by atoms with Crippen LogP contribution in [0.2, 0.25) is 0 Å². The normalized spacial score (nSPS) is 19.5. The second-order valence-corrected chi connectivity index (χ2v) is 4.90. The minimum absolute atomic E-state index is 0.0272. The average molecular weight is 265 g/mol. The highest BCUT2D eigenvalue weighted by atomic mass is 16.5. The van der Waals surface area contributed by atoms with Crippen molar-refractivity contribution in [2.45, 2.75) is 45.3 Å². The SMILES string of the molecule is CC(C)Oc1ccnc(N2CCCCC2C(=O)O)n1. The van der Waals surface area contributed by atoms with E-state index < -0.39 is 12.0 Å². The van der Waals surface area contributed by atoms with Gasteiger partial charge in [0.15, 0.2) is 0 Å². The molecule has 0 bridgehead atoms. The maximum atomic E-state index is 11.3. The first-order valence-corrected chi connectivity index (χ1v) is 6.57. The van der Waals surface area contributed by atoms with Crippen LogP contribution in [0, 0.1) is 0 Å². The van der Waals surface area contributed by atoms with Crippen molar-refractivity contribution in [3.05, 3.63) is 12.3 Å². The molecule has 1 aromatic rings. The fourth-order valence-electron chi connectivity index (χ4n) is 2.21. The number of anilines is 1. The van der Waals surface area contributed by atoms with E-state index in [1.54, 1.807) is 17.2 Å². The lowest BCUT2D eigenvalue weighted by atomic mass is 10.0. The Bertz CT molecular complexity index is 451. The summed E-state index contributed by atoms with van der Waals surface area (Å²) in [5, 5.41) is 9.26. The number of aromatic nitrogens is 2. The molecule has 1 saturated heterocycles. The number of piperidine rings is 1. The number of nitrogens with zero attached hydrogens (tertiary/aromatic N) is 3. The Balaban J connectivity index is 2.21. The molecule has 1 aliphatic rings. The molecular formula is C13H19N3O3. The topological polar surface area (TPSA) is 75.5 Å². The summed E-state index contributed by atoms with van der Waals surface area (Å²) in [6.07, 6.45) is 4.15. The van der Waals surface area contributed by atoms with Gasteiger partial charge >= 0.3 is 5.97 Å². The third-order valence-electron chi connectivity index (χ3n) is 3.02. The third-order valence-corrected chi connectivity index (χ3v) is 3.02. The Labute approximate surface area is 112 Å². The van der Waals surface area contributed by atoms with E-state index in [1.165, 1.54) is 0 Å². The molecule has 0 spiro atoms. The number of rotatable bonds is 4. The monoisotopic (exact) mass is 265 g/mol. The minimum atomic E-state index is -0.821. The number of hydrogen-bond donors (Lipinski definition) is 1. The Kier molecular flexibility index (Phi) is 4.19. The lowest BCUT2D eigenvalue weighted by molar-refractivity contribution is -0.139. The molecule has 1 fully saturated rings. The third kappa shape index (κ3) is 3.33. The summed E-state index contributed by atoms with van der Waals surface area (Å²) in [5.41, 5.74) is 0. The van der Waals surface area contributed by atoms with E-state index in [4.69, 9.17) is 4.74 Å². The van der Waals surface area contributed by atoms with Gasteiger partial charge in [-0.05, 0) is 33.1 Å². The van der Waals surface area contributed by atoms with Crippen molar-refractivity contribution in [2.24, 2.45) is 0 Å². The smallest absolute Gasteiger partial charge is 0.326 e. The molecule has 2 heterocycles. The van der Waals surface area contributed by atoms with E-state index in [9.17, 15) is 9.90 Å². The highest BCUT2D eigenvalue weighted by Crippen LogP contribution is 2.23. The number of ether oxygens (including phenoxy) is 1. The summed E-state index contributed by atoms with van der Waals surface area (Å²) >= 11 is 0. The van der Waals surface area contributed by atoms with Gasteiger partial charge in [0, 0.05) is 18.8 Å². The minimum Gasteiger partial charge on any atom is -0.480 e. The van der Waals surface area contributed by atoms with E-state index in [0.717, 1.165) is 12.8 Å². The number of carboxylic acid groups (broad SMARTS) is 1. The van der Waals surface area contributed by atoms with E-state index in [1.807, 2.05) is 13.8 Å². The molecule has 0 radical (unpaired) electrons. The Hall–Kier alpha value is -1.85. The van der Waals surface area contributed by atoms with Gasteiger partial charge in [0.05, 0.1) is 6.10 Å². The number of hydrogen-bond acceptors (Lipinski definition) is 5. The van der Waals surface area contributed by atoms with Crippen LogP contribution >= 0.6 is 0 Å². The van der Waals surface area contributed by atoms with Gasteiger partial charge in [0.2, 0.25) is 11.8 Å². The quantitative estimate of drug-likeness (QED) is 0.893. The van der Waals surface area contributed by atoms with Gasteiger partial charge in [0.25, 0.3) is 0 Å². The van der Waals surface area contributed by atoms with Crippen LogP contribution in [0.4, 0.5) is 5.95 Å². The van der Waals surface area contributed by atoms with E-state index >= 15 is 0 Å². The molecule has 19 heavy (non-hydrogen) atoms. The second kappa shape index (κ2) is 5.86. The second-order valence-electron chi connectivity index (χ2n) is 4.90. The molecule has 1 aromatic heterocycles.